The summed E-state index contributed by atoms with van der Waals surface area (Å²) in [5.41, 5.74) is 0.199. The van der Waals surface area contributed by atoms with Gasteiger partial charge in [0.2, 0.25) is 4.77 Å². The van der Waals surface area contributed by atoms with Crippen LogP contribution in [-0.4, -0.2) is 29.3 Å². The molecule has 0 fully saturated rings. The molecule has 0 spiro atoms. The Balaban J connectivity index is 2.20. The Kier molecular flexibility index (Phi) is 3.74. The second kappa shape index (κ2) is 5.72. The van der Waals surface area contributed by atoms with E-state index in [0.29, 0.717) is 17.9 Å². The van der Waals surface area contributed by atoms with Crippen LogP contribution in [0, 0.1) is 14.9 Å². The summed E-state index contributed by atoms with van der Waals surface area (Å²) in [6.07, 6.45) is 0.0406. The highest BCUT2D eigenvalue weighted by atomic mass is 32.1. The van der Waals surface area contributed by atoms with E-state index < -0.39 is 4.92 Å². The van der Waals surface area contributed by atoms with Crippen molar-refractivity contribution in [3.63, 3.8) is 0 Å². The van der Waals surface area contributed by atoms with Gasteiger partial charge in [-0.3, -0.25) is 19.5 Å². The molecule has 1 N–H and O–H groups in total. The SMILES string of the molecule is CCn1c(=O)c(Cc2ccccc2[N+](=O)[O-])nn2c(=S)[nH]nc12. The molecule has 9 nitrogen and oxygen atoms in total. The molecular weight excluding hydrogens is 320 g/mol. The van der Waals surface area contributed by atoms with Gasteiger partial charge in [0, 0.05) is 24.6 Å². The molecule has 23 heavy (non-hydrogen) atoms. The Bertz CT molecular complexity index is 1020. The lowest BCUT2D eigenvalue weighted by Crippen LogP contribution is -2.28. The van der Waals surface area contributed by atoms with Crippen LogP contribution in [0.25, 0.3) is 5.78 Å². The second-order valence-corrected chi connectivity index (χ2v) is 5.19. The summed E-state index contributed by atoms with van der Waals surface area (Å²) >= 11 is 5.09. The smallest absolute Gasteiger partial charge is 0.274 e. The van der Waals surface area contributed by atoms with Crippen molar-refractivity contribution in [2.75, 3.05) is 0 Å². The normalized spacial score (nSPS) is 11.0. The number of hydrogen-bond acceptors (Lipinski definition) is 6. The summed E-state index contributed by atoms with van der Waals surface area (Å²) in [5.74, 6) is 0.314. The first kappa shape index (κ1) is 15.0. The number of benzene rings is 1. The van der Waals surface area contributed by atoms with Crippen LogP contribution in [0.5, 0.6) is 0 Å². The number of aromatic nitrogens is 5. The zero-order valence-corrected chi connectivity index (χ0v) is 12.9. The minimum atomic E-state index is -0.476. The van der Waals surface area contributed by atoms with Gasteiger partial charge in [-0.1, -0.05) is 18.2 Å². The summed E-state index contributed by atoms with van der Waals surface area (Å²) in [7, 11) is 0. The van der Waals surface area contributed by atoms with Crippen LogP contribution in [-0.2, 0) is 13.0 Å². The molecule has 118 valence electrons. The van der Waals surface area contributed by atoms with Gasteiger partial charge in [0.25, 0.3) is 17.0 Å². The minimum absolute atomic E-state index is 0.0406. The number of rotatable bonds is 4. The first-order valence-corrected chi connectivity index (χ1v) is 7.23. The van der Waals surface area contributed by atoms with Gasteiger partial charge >= 0.3 is 0 Å². The summed E-state index contributed by atoms with van der Waals surface area (Å²) in [4.78, 5) is 23.2. The van der Waals surface area contributed by atoms with Crippen molar-refractivity contribution in [1.29, 1.82) is 0 Å². The van der Waals surface area contributed by atoms with Crippen molar-refractivity contribution in [2.45, 2.75) is 19.9 Å². The van der Waals surface area contributed by atoms with Gasteiger partial charge in [0.05, 0.1) is 4.92 Å². The predicted molar refractivity (Wildman–Crippen MR) is 84.0 cm³/mol. The van der Waals surface area contributed by atoms with Gasteiger partial charge in [-0.15, -0.1) is 5.10 Å². The van der Waals surface area contributed by atoms with Gasteiger partial charge in [-0.25, -0.2) is 5.10 Å². The monoisotopic (exact) mass is 332 g/mol. The molecule has 3 aromatic rings. The molecule has 0 unspecified atom stereocenters. The van der Waals surface area contributed by atoms with Gasteiger partial charge < -0.3 is 0 Å². The van der Waals surface area contributed by atoms with Crippen molar-refractivity contribution in [3.8, 4) is 0 Å². The molecule has 0 amide bonds. The Morgan fingerprint density at radius 1 is 1.39 bits per heavy atom. The number of nitro benzene ring substituents is 1. The van der Waals surface area contributed by atoms with Crippen LogP contribution in [0.15, 0.2) is 29.1 Å². The molecule has 0 aliphatic heterocycles. The summed E-state index contributed by atoms with van der Waals surface area (Å²) in [6.45, 7) is 2.18. The molecule has 0 atom stereocenters. The van der Waals surface area contributed by atoms with Crippen molar-refractivity contribution in [2.24, 2.45) is 0 Å². The van der Waals surface area contributed by atoms with E-state index in [1.165, 1.54) is 15.1 Å². The van der Waals surface area contributed by atoms with E-state index in [2.05, 4.69) is 15.3 Å². The van der Waals surface area contributed by atoms with Crippen LogP contribution < -0.4 is 5.56 Å². The number of aryl methyl sites for hydroxylation is 1. The topological polar surface area (TPSA) is 111 Å². The summed E-state index contributed by atoms with van der Waals surface area (Å²) in [5, 5.41) is 21.9. The fraction of sp³-hybridized carbons (Fsp3) is 0.231. The Morgan fingerprint density at radius 3 is 2.83 bits per heavy atom. The van der Waals surface area contributed by atoms with Crippen LogP contribution in [0.1, 0.15) is 18.2 Å². The third-order valence-electron chi connectivity index (χ3n) is 3.45. The lowest BCUT2D eigenvalue weighted by atomic mass is 10.1. The number of hydrogen-bond donors (Lipinski definition) is 1. The van der Waals surface area contributed by atoms with Crippen LogP contribution in [0.3, 0.4) is 0 Å². The van der Waals surface area contributed by atoms with Gasteiger partial charge in [0.15, 0.2) is 0 Å². The van der Waals surface area contributed by atoms with E-state index in [1.54, 1.807) is 25.1 Å². The maximum atomic E-state index is 12.5. The minimum Gasteiger partial charge on any atom is -0.274 e. The standard InChI is InChI=1S/C13H12N6O3S/c1-2-17-11(20)9(16-18-12(17)14-15-13(18)23)7-8-5-3-4-6-10(8)19(21)22/h3-6H,2,7H2,1H3,(H,15,23). The molecule has 0 bridgehead atoms. The first-order valence-electron chi connectivity index (χ1n) is 6.82. The average molecular weight is 332 g/mol. The summed E-state index contributed by atoms with van der Waals surface area (Å²) < 4.78 is 3.03. The molecule has 0 aliphatic carbocycles. The number of aromatic amines is 1. The molecule has 0 saturated heterocycles. The van der Waals surface area contributed by atoms with Crippen molar-refractivity contribution in [1.82, 2.24) is 24.4 Å². The molecular formula is C13H12N6O3S. The van der Waals surface area contributed by atoms with E-state index in [-0.39, 0.29) is 28.1 Å². The van der Waals surface area contributed by atoms with Crippen LogP contribution >= 0.6 is 12.2 Å². The highest BCUT2D eigenvalue weighted by Gasteiger charge is 2.18. The number of para-hydroxylation sites is 1. The predicted octanol–water partition coefficient (Wildman–Crippen LogP) is 1.47. The number of nitrogens with zero attached hydrogens (tertiary/aromatic N) is 5. The lowest BCUT2D eigenvalue weighted by molar-refractivity contribution is -0.385. The third-order valence-corrected chi connectivity index (χ3v) is 3.71. The van der Waals surface area contributed by atoms with E-state index in [1.807, 2.05) is 0 Å². The maximum Gasteiger partial charge on any atom is 0.277 e. The van der Waals surface area contributed by atoms with Gasteiger partial charge in [-0.05, 0) is 19.1 Å². The number of fused-ring (bicyclic) bond motifs is 1. The van der Waals surface area contributed by atoms with E-state index in [0.717, 1.165) is 0 Å². The number of nitro groups is 1. The van der Waals surface area contributed by atoms with Gasteiger partial charge in [-0.2, -0.15) is 9.61 Å². The molecule has 0 aliphatic rings. The average Bonchev–Trinajstić information content (AvgIpc) is 2.89. The van der Waals surface area contributed by atoms with Crippen molar-refractivity contribution < 1.29 is 4.92 Å². The number of nitrogens with one attached hydrogen (secondary N) is 1. The molecule has 1 aromatic carbocycles. The highest BCUT2D eigenvalue weighted by Crippen LogP contribution is 2.19. The molecule has 0 saturated carbocycles. The fourth-order valence-electron chi connectivity index (χ4n) is 2.37. The molecule has 2 aromatic heterocycles. The largest absolute Gasteiger partial charge is 0.277 e. The van der Waals surface area contributed by atoms with Crippen LogP contribution in [0.4, 0.5) is 5.69 Å². The third kappa shape index (κ3) is 2.52. The Labute approximate surface area is 134 Å². The zero-order chi connectivity index (χ0) is 16.6. The number of H-pyrrole nitrogens is 1. The lowest BCUT2D eigenvalue weighted by Gasteiger charge is -2.07. The fourth-order valence-corrected chi connectivity index (χ4v) is 2.54. The van der Waals surface area contributed by atoms with Gasteiger partial charge in [0.1, 0.15) is 5.69 Å². The van der Waals surface area contributed by atoms with Crippen molar-refractivity contribution >= 4 is 23.7 Å². The highest BCUT2D eigenvalue weighted by molar-refractivity contribution is 7.71. The molecule has 10 heteroatoms. The Morgan fingerprint density at radius 2 is 2.13 bits per heavy atom. The van der Waals surface area contributed by atoms with E-state index in [9.17, 15) is 14.9 Å². The zero-order valence-electron chi connectivity index (χ0n) is 12.1. The second-order valence-electron chi connectivity index (χ2n) is 4.80. The Hall–Kier alpha value is -2.88. The van der Waals surface area contributed by atoms with E-state index >= 15 is 0 Å². The maximum absolute atomic E-state index is 12.5. The molecule has 3 rings (SSSR count). The summed E-state index contributed by atoms with van der Waals surface area (Å²) in [6, 6.07) is 6.27. The molecule has 0 radical (unpaired) electrons. The van der Waals surface area contributed by atoms with Crippen LogP contribution in [0.2, 0.25) is 0 Å². The first-order chi connectivity index (χ1) is 11.0. The quantitative estimate of drug-likeness (QED) is 0.440. The van der Waals surface area contributed by atoms with E-state index in [4.69, 9.17) is 12.2 Å². The van der Waals surface area contributed by atoms with Crippen molar-refractivity contribution in [3.05, 3.63) is 60.8 Å². The molecule has 2 heterocycles.